The molecule has 30 heavy (non-hydrogen) atoms. The third-order valence-electron chi connectivity index (χ3n) is 4.68. The molecule has 0 atom stereocenters. The lowest BCUT2D eigenvalue weighted by Gasteiger charge is -2.28. The standard InChI is InChI=1S/C21H15F4N3O2/c22-17-11-14(6-7-16(17)21(23,24)25)30-13-5-4-12-8-9-28(20(29)15(12)10-13)19-3-1-2-18(26)27-19/h1-7,10-11H,8-9H2,(H2,26,27). The number of anilines is 2. The van der Waals surface area contributed by atoms with Crippen LogP contribution in [0, 0.1) is 5.82 Å². The predicted molar refractivity (Wildman–Crippen MR) is 102 cm³/mol. The summed E-state index contributed by atoms with van der Waals surface area (Å²) in [6.07, 6.45) is -4.22. The van der Waals surface area contributed by atoms with Crippen molar-refractivity contribution in [2.45, 2.75) is 12.6 Å². The van der Waals surface area contributed by atoms with Crippen LogP contribution < -0.4 is 15.4 Å². The summed E-state index contributed by atoms with van der Waals surface area (Å²) in [7, 11) is 0. The number of benzene rings is 2. The number of halogens is 4. The highest BCUT2D eigenvalue weighted by Crippen LogP contribution is 2.34. The van der Waals surface area contributed by atoms with Crippen molar-refractivity contribution in [2.75, 3.05) is 17.2 Å². The maximum absolute atomic E-state index is 13.8. The fourth-order valence-corrected chi connectivity index (χ4v) is 3.25. The van der Waals surface area contributed by atoms with Crippen LogP contribution in [-0.4, -0.2) is 17.4 Å². The summed E-state index contributed by atoms with van der Waals surface area (Å²) in [5.41, 5.74) is 5.49. The number of hydrogen-bond donors (Lipinski definition) is 1. The van der Waals surface area contributed by atoms with E-state index in [1.807, 2.05) is 0 Å². The van der Waals surface area contributed by atoms with Gasteiger partial charge in [0.2, 0.25) is 0 Å². The highest BCUT2D eigenvalue weighted by Gasteiger charge is 2.34. The number of amides is 1. The highest BCUT2D eigenvalue weighted by molar-refractivity contribution is 6.08. The molecule has 2 N–H and O–H groups in total. The number of nitrogens with zero attached hydrogens (tertiary/aromatic N) is 2. The van der Waals surface area contributed by atoms with Gasteiger partial charge < -0.3 is 10.5 Å². The molecule has 0 bridgehead atoms. The quantitative estimate of drug-likeness (QED) is 0.621. The molecule has 0 aliphatic carbocycles. The van der Waals surface area contributed by atoms with E-state index in [0.717, 1.165) is 11.6 Å². The van der Waals surface area contributed by atoms with E-state index in [0.29, 0.717) is 36.5 Å². The first-order valence-corrected chi connectivity index (χ1v) is 8.94. The van der Waals surface area contributed by atoms with Gasteiger partial charge >= 0.3 is 6.18 Å². The van der Waals surface area contributed by atoms with E-state index in [2.05, 4.69) is 4.98 Å². The molecule has 0 saturated heterocycles. The van der Waals surface area contributed by atoms with Crippen LogP contribution >= 0.6 is 0 Å². The summed E-state index contributed by atoms with van der Waals surface area (Å²) < 4.78 is 57.4. The largest absolute Gasteiger partial charge is 0.457 e. The molecule has 2 aromatic carbocycles. The van der Waals surface area contributed by atoms with E-state index in [1.165, 1.54) is 11.0 Å². The van der Waals surface area contributed by atoms with Crippen LogP contribution in [0.15, 0.2) is 54.6 Å². The minimum atomic E-state index is -4.79. The first-order chi connectivity index (χ1) is 14.2. The Bertz CT molecular complexity index is 1130. The Morgan fingerprint density at radius 2 is 1.77 bits per heavy atom. The van der Waals surface area contributed by atoms with Gasteiger partial charge in [0.1, 0.15) is 29.0 Å². The first kappa shape index (κ1) is 19.7. The minimum absolute atomic E-state index is 0.113. The maximum atomic E-state index is 13.8. The molecule has 1 aliphatic rings. The van der Waals surface area contributed by atoms with E-state index in [-0.39, 0.29) is 23.2 Å². The molecular formula is C21H15F4N3O2. The molecule has 154 valence electrons. The number of aromatic nitrogens is 1. The zero-order valence-electron chi connectivity index (χ0n) is 15.4. The van der Waals surface area contributed by atoms with Crippen LogP contribution in [-0.2, 0) is 12.6 Å². The third kappa shape index (κ3) is 3.78. The molecular weight excluding hydrogens is 402 g/mol. The van der Waals surface area contributed by atoms with Gasteiger partial charge in [0.15, 0.2) is 0 Å². The lowest BCUT2D eigenvalue weighted by Crippen LogP contribution is -2.38. The number of pyridine rings is 1. The first-order valence-electron chi connectivity index (χ1n) is 8.94. The topological polar surface area (TPSA) is 68.4 Å². The average Bonchev–Trinajstić information content (AvgIpc) is 2.68. The smallest absolute Gasteiger partial charge is 0.419 e. The highest BCUT2D eigenvalue weighted by atomic mass is 19.4. The van der Waals surface area contributed by atoms with Crippen molar-refractivity contribution in [3.8, 4) is 11.5 Å². The van der Waals surface area contributed by atoms with Gasteiger partial charge in [-0.25, -0.2) is 9.37 Å². The van der Waals surface area contributed by atoms with Gasteiger partial charge in [-0.3, -0.25) is 9.69 Å². The van der Waals surface area contributed by atoms with Crippen molar-refractivity contribution < 1.29 is 27.1 Å². The molecule has 0 saturated carbocycles. The molecule has 0 spiro atoms. The van der Waals surface area contributed by atoms with Gasteiger partial charge in [0, 0.05) is 18.2 Å². The van der Waals surface area contributed by atoms with Crippen molar-refractivity contribution in [3.63, 3.8) is 0 Å². The Kier molecular flexibility index (Phi) is 4.81. The van der Waals surface area contributed by atoms with Crippen LogP contribution in [0.4, 0.5) is 29.2 Å². The monoisotopic (exact) mass is 417 g/mol. The second kappa shape index (κ2) is 7.33. The van der Waals surface area contributed by atoms with Crippen molar-refractivity contribution >= 4 is 17.5 Å². The number of nitrogens with two attached hydrogens (primary N) is 1. The van der Waals surface area contributed by atoms with Crippen LogP contribution in [0.1, 0.15) is 21.5 Å². The zero-order valence-corrected chi connectivity index (χ0v) is 15.4. The van der Waals surface area contributed by atoms with Crippen LogP contribution in [0.2, 0.25) is 0 Å². The summed E-state index contributed by atoms with van der Waals surface area (Å²) >= 11 is 0. The van der Waals surface area contributed by atoms with Crippen molar-refractivity contribution in [1.82, 2.24) is 4.98 Å². The molecule has 0 unspecified atom stereocenters. The molecule has 0 radical (unpaired) electrons. The fraction of sp³-hybridized carbons (Fsp3) is 0.143. The molecule has 0 fully saturated rings. The Labute approximate surface area is 168 Å². The number of carbonyl (C=O) groups is 1. The Balaban J connectivity index is 1.60. The van der Waals surface area contributed by atoms with E-state index >= 15 is 0 Å². The van der Waals surface area contributed by atoms with Crippen molar-refractivity contribution in [3.05, 3.63) is 77.1 Å². The third-order valence-corrected chi connectivity index (χ3v) is 4.68. The SMILES string of the molecule is Nc1cccc(N2CCc3ccc(Oc4ccc(C(F)(F)F)c(F)c4)cc3C2=O)n1. The van der Waals surface area contributed by atoms with Gasteiger partial charge in [-0.2, -0.15) is 13.2 Å². The summed E-state index contributed by atoms with van der Waals surface area (Å²) in [6, 6.07) is 12.0. The van der Waals surface area contributed by atoms with Crippen LogP contribution in [0.5, 0.6) is 11.5 Å². The normalized spacial score (nSPS) is 13.9. The maximum Gasteiger partial charge on any atom is 0.419 e. The zero-order chi connectivity index (χ0) is 21.5. The van der Waals surface area contributed by atoms with Crippen molar-refractivity contribution in [2.24, 2.45) is 0 Å². The molecule has 1 amide bonds. The molecule has 5 nitrogen and oxygen atoms in total. The van der Waals surface area contributed by atoms with Gasteiger partial charge in [0.05, 0.1) is 5.56 Å². The number of nitrogen functional groups attached to an aromatic ring is 1. The summed E-state index contributed by atoms with van der Waals surface area (Å²) in [5.74, 6) is -0.956. The lowest BCUT2D eigenvalue weighted by molar-refractivity contribution is -0.140. The molecule has 2 heterocycles. The minimum Gasteiger partial charge on any atom is -0.457 e. The number of carbonyl (C=O) groups excluding carboxylic acids is 1. The van der Waals surface area contributed by atoms with Crippen molar-refractivity contribution in [1.29, 1.82) is 0 Å². The lowest BCUT2D eigenvalue weighted by atomic mass is 9.98. The summed E-state index contributed by atoms with van der Waals surface area (Å²) in [6.45, 7) is 0.423. The number of rotatable bonds is 3. The molecule has 1 aromatic heterocycles. The Morgan fingerprint density at radius 1 is 1.03 bits per heavy atom. The predicted octanol–water partition coefficient (Wildman–Crippen LogP) is 4.82. The second-order valence-electron chi connectivity index (χ2n) is 6.69. The number of alkyl halides is 3. The summed E-state index contributed by atoms with van der Waals surface area (Å²) in [5, 5.41) is 0. The molecule has 4 rings (SSSR count). The van der Waals surface area contributed by atoms with Gasteiger partial charge in [-0.15, -0.1) is 0 Å². The fourth-order valence-electron chi connectivity index (χ4n) is 3.25. The van der Waals surface area contributed by atoms with E-state index in [4.69, 9.17) is 10.5 Å². The number of fused-ring (bicyclic) bond motifs is 1. The van der Waals surface area contributed by atoms with E-state index < -0.39 is 17.6 Å². The van der Waals surface area contributed by atoms with E-state index in [9.17, 15) is 22.4 Å². The van der Waals surface area contributed by atoms with Gasteiger partial charge in [0.25, 0.3) is 5.91 Å². The number of ether oxygens (including phenoxy) is 1. The van der Waals surface area contributed by atoms with Gasteiger partial charge in [-0.05, 0) is 48.4 Å². The molecule has 3 aromatic rings. The second-order valence-corrected chi connectivity index (χ2v) is 6.69. The summed E-state index contributed by atoms with van der Waals surface area (Å²) in [4.78, 5) is 18.6. The van der Waals surface area contributed by atoms with Crippen LogP contribution in [0.25, 0.3) is 0 Å². The molecule has 1 aliphatic heterocycles. The Hall–Kier alpha value is -3.62. The number of hydrogen-bond acceptors (Lipinski definition) is 4. The van der Waals surface area contributed by atoms with E-state index in [1.54, 1.807) is 30.3 Å². The Morgan fingerprint density at radius 3 is 2.47 bits per heavy atom. The average molecular weight is 417 g/mol. The van der Waals surface area contributed by atoms with Gasteiger partial charge in [-0.1, -0.05) is 12.1 Å². The molecule has 9 heteroatoms. The van der Waals surface area contributed by atoms with Crippen LogP contribution in [0.3, 0.4) is 0 Å².